The highest BCUT2D eigenvalue weighted by Crippen LogP contribution is 2.18. The van der Waals surface area contributed by atoms with Crippen molar-refractivity contribution in [1.82, 2.24) is 14.2 Å². The van der Waals surface area contributed by atoms with Crippen molar-refractivity contribution < 1.29 is 13.2 Å². The van der Waals surface area contributed by atoms with Crippen molar-refractivity contribution in [2.75, 3.05) is 26.7 Å². The maximum Gasteiger partial charge on any atom is 0.244 e. The number of pyridine rings is 1. The van der Waals surface area contributed by atoms with Gasteiger partial charge in [-0.2, -0.15) is 4.31 Å². The van der Waals surface area contributed by atoms with E-state index in [2.05, 4.69) is 4.98 Å². The maximum atomic E-state index is 12.3. The third kappa shape index (κ3) is 5.02. The largest absolute Gasteiger partial charge is 0.337 e. The van der Waals surface area contributed by atoms with Gasteiger partial charge in [-0.15, -0.1) is 24.8 Å². The van der Waals surface area contributed by atoms with E-state index in [1.165, 1.54) is 25.5 Å². The van der Waals surface area contributed by atoms with Crippen LogP contribution in [0.4, 0.5) is 0 Å². The van der Waals surface area contributed by atoms with E-state index in [1.54, 1.807) is 11.0 Å². The second-order valence-electron chi connectivity index (χ2n) is 5.07. The molecule has 132 valence electrons. The zero-order valence-corrected chi connectivity index (χ0v) is 15.2. The lowest BCUT2D eigenvalue weighted by molar-refractivity contribution is -0.131. The highest BCUT2D eigenvalue weighted by Gasteiger charge is 2.30. The fourth-order valence-electron chi connectivity index (χ4n) is 2.46. The lowest BCUT2D eigenvalue weighted by Gasteiger charge is -2.26. The van der Waals surface area contributed by atoms with Gasteiger partial charge in [-0.25, -0.2) is 8.42 Å². The molecule has 0 saturated carbocycles. The van der Waals surface area contributed by atoms with Crippen molar-refractivity contribution in [2.24, 2.45) is 5.73 Å². The van der Waals surface area contributed by atoms with Crippen LogP contribution in [-0.2, 0) is 14.8 Å². The van der Waals surface area contributed by atoms with Crippen molar-refractivity contribution in [3.63, 3.8) is 0 Å². The highest BCUT2D eigenvalue weighted by atomic mass is 35.5. The van der Waals surface area contributed by atoms with Gasteiger partial charge in [0, 0.05) is 38.6 Å². The predicted octanol–water partition coefficient (Wildman–Crippen LogP) is 0.495. The van der Waals surface area contributed by atoms with Crippen LogP contribution in [0.5, 0.6) is 0 Å². The summed E-state index contributed by atoms with van der Waals surface area (Å²) >= 11 is 0. The van der Waals surface area contributed by atoms with Gasteiger partial charge in [0.15, 0.2) is 0 Å². The summed E-state index contributed by atoms with van der Waals surface area (Å²) in [7, 11) is -2.30. The Hall–Kier alpha value is -0.930. The van der Waals surface area contributed by atoms with Crippen LogP contribution in [0.3, 0.4) is 0 Å². The van der Waals surface area contributed by atoms with Gasteiger partial charge >= 0.3 is 0 Å². The first-order valence-corrected chi connectivity index (χ1v) is 8.26. The summed E-state index contributed by atoms with van der Waals surface area (Å²) in [4.78, 5) is 17.8. The average molecular weight is 385 g/mol. The molecule has 10 heteroatoms. The molecule has 1 unspecified atom stereocenters. The predicted molar refractivity (Wildman–Crippen MR) is 92.3 cm³/mol. The molecule has 2 heterocycles. The highest BCUT2D eigenvalue weighted by molar-refractivity contribution is 7.89. The normalized spacial score (nSPS) is 17.5. The third-order valence-electron chi connectivity index (χ3n) is 3.67. The molecule has 1 aromatic heterocycles. The molecular weight excluding hydrogens is 363 g/mol. The van der Waals surface area contributed by atoms with Crippen molar-refractivity contribution in [3.8, 4) is 0 Å². The van der Waals surface area contributed by atoms with Crippen LogP contribution >= 0.6 is 24.8 Å². The topological polar surface area (TPSA) is 96.6 Å². The molecular formula is C13H22Cl2N4O3S. The minimum atomic E-state index is -3.70. The lowest BCUT2D eigenvalue weighted by atomic mass is 10.2. The van der Waals surface area contributed by atoms with Crippen molar-refractivity contribution >= 4 is 40.7 Å². The number of amides is 1. The number of likely N-dealkylation sites (tertiary alicyclic amines) is 1. The summed E-state index contributed by atoms with van der Waals surface area (Å²) in [6.45, 7) is 0.861. The quantitative estimate of drug-likeness (QED) is 0.796. The minimum absolute atomic E-state index is 0. The zero-order valence-electron chi connectivity index (χ0n) is 12.8. The molecule has 2 N–H and O–H groups in total. The molecule has 1 aliphatic rings. The second kappa shape index (κ2) is 9.39. The molecule has 7 nitrogen and oxygen atoms in total. The minimum Gasteiger partial charge on any atom is -0.337 e. The van der Waals surface area contributed by atoms with E-state index in [9.17, 15) is 13.2 Å². The monoisotopic (exact) mass is 384 g/mol. The molecule has 0 aliphatic carbocycles. The fourth-order valence-corrected chi connectivity index (χ4v) is 3.54. The molecule has 0 aromatic carbocycles. The Morgan fingerprint density at radius 2 is 2.17 bits per heavy atom. The van der Waals surface area contributed by atoms with Crippen molar-refractivity contribution in [2.45, 2.75) is 23.8 Å². The first-order valence-electron chi connectivity index (χ1n) is 6.82. The van der Waals surface area contributed by atoms with E-state index in [1.807, 2.05) is 0 Å². The Balaban J connectivity index is 0.00000242. The Morgan fingerprint density at radius 3 is 2.74 bits per heavy atom. The summed E-state index contributed by atoms with van der Waals surface area (Å²) < 4.78 is 25.7. The number of carbonyl (C=O) groups is 1. The zero-order chi connectivity index (χ0) is 15.5. The average Bonchev–Trinajstić information content (AvgIpc) is 2.96. The van der Waals surface area contributed by atoms with Gasteiger partial charge < -0.3 is 10.6 Å². The van der Waals surface area contributed by atoms with Gasteiger partial charge in [0.05, 0.1) is 6.54 Å². The van der Waals surface area contributed by atoms with Crippen LogP contribution in [0, 0.1) is 0 Å². The summed E-state index contributed by atoms with van der Waals surface area (Å²) in [6.07, 6.45) is 4.56. The molecule has 2 rings (SSSR count). The second-order valence-corrected chi connectivity index (χ2v) is 7.11. The van der Waals surface area contributed by atoms with E-state index in [-0.39, 0.29) is 48.2 Å². The number of nitrogens with zero attached hydrogens (tertiary/aromatic N) is 3. The van der Waals surface area contributed by atoms with Crippen LogP contribution < -0.4 is 5.73 Å². The van der Waals surface area contributed by atoms with Crippen molar-refractivity contribution in [1.29, 1.82) is 0 Å². The van der Waals surface area contributed by atoms with E-state index in [4.69, 9.17) is 5.73 Å². The number of nitrogens with two attached hydrogens (primary N) is 1. The first-order chi connectivity index (χ1) is 9.96. The maximum absolute atomic E-state index is 12.3. The summed E-state index contributed by atoms with van der Waals surface area (Å²) in [5, 5.41) is 0. The summed E-state index contributed by atoms with van der Waals surface area (Å²) in [5.41, 5.74) is 5.64. The van der Waals surface area contributed by atoms with Crippen LogP contribution in [-0.4, -0.2) is 61.2 Å². The van der Waals surface area contributed by atoms with Gasteiger partial charge in [-0.1, -0.05) is 0 Å². The van der Waals surface area contributed by atoms with E-state index in [0.29, 0.717) is 13.1 Å². The van der Waals surface area contributed by atoms with Crippen molar-refractivity contribution in [3.05, 3.63) is 24.5 Å². The third-order valence-corrected chi connectivity index (χ3v) is 5.46. The number of halogens is 2. The lowest BCUT2D eigenvalue weighted by Crippen LogP contribution is -2.45. The van der Waals surface area contributed by atoms with Gasteiger partial charge in [0.25, 0.3) is 0 Å². The number of rotatable bonds is 5. The molecule has 23 heavy (non-hydrogen) atoms. The van der Waals surface area contributed by atoms with Crippen LogP contribution in [0.1, 0.15) is 12.8 Å². The number of likely N-dealkylation sites (N-methyl/N-ethyl adjacent to an activating group) is 1. The summed E-state index contributed by atoms with van der Waals surface area (Å²) in [6, 6.07) is 3.03. The molecule has 1 amide bonds. The van der Waals surface area contributed by atoms with Gasteiger partial charge in [0.2, 0.25) is 15.9 Å². The molecule has 1 saturated heterocycles. The number of carbonyl (C=O) groups excluding carboxylic acids is 1. The van der Waals surface area contributed by atoms with E-state index >= 15 is 0 Å². The Labute approximate surface area is 149 Å². The van der Waals surface area contributed by atoms with E-state index < -0.39 is 10.0 Å². The van der Waals surface area contributed by atoms with Crippen LogP contribution in [0.25, 0.3) is 0 Å². The molecule has 0 spiro atoms. The number of hydrogen-bond donors (Lipinski definition) is 1. The number of hydrogen-bond acceptors (Lipinski definition) is 5. The molecule has 0 bridgehead atoms. The first kappa shape index (κ1) is 22.1. The molecule has 1 aliphatic heterocycles. The number of sulfonamides is 1. The molecule has 1 fully saturated rings. The number of aromatic nitrogens is 1. The smallest absolute Gasteiger partial charge is 0.244 e. The Morgan fingerprint density at radius 1 is 1.48 bits per heavy atom. The Bertz CT molecular complexity index is 600. The fraction of sp³-hybridized carbons (Fsp3) is 0.538. The van der Waals surface area contributed by atoms with Gasteiger partial charge in [0.1, 0.15) is 4.90 Å². The van der Waals surface area contributed by atoms with Gasteiger partial charge in [-0.05, 0) is 25.0 Å². The van der Waals surface area contributed by atoms with E-state index in [0.717, 1.165) is 17.1 Å². The summed E-state index contributed by atoms with van der Waals surface area (Å²) in [5.74, 6) is -0.210. The SMILES string of the molecule is CN(CC(=O)N1CCCC1CN)S(=O)(=O)c1cccnc1.Cl.Cl. The standard InChI is InChI=1S/C13H20N4O3S.2ClH/c1-16(21(19,20)12-5-2-6-15-9-12)10-13(18)17-7-3-4-11(17)8-14;;/h2,5-6,9,11H,3-4,7-8,10,14H2,1H3;2*1H. The molecule has 0 radical (unpaired) electrons. The van der Waals surface area contributed by atoms with Crippen LogP contribution in [0.15, 0.2) is 29.4 Å². The molecule has 1 atom stereocenters. The molecule has 1 aromatic rings. The Kier molecular flexibility index (Phi) is 9.01. The van der Waals surface area contributed by atoms with Crippen LogP contribution in [0.2, 0.25) is 0 Å². The van der Waals surface area contributed by atoms with Gasteiger partial charge in [-0.3, -0.25) is 9.78 Å².